The molecule has 0 saturated heterocycles. The highest BCUT2D eigenvalue weighted by Crippen LogP contribution is 2.33. The van der Waals surface area contributed by atoms with Gasteiger partial charge in [-0.05, 0) is 61.6 Å². The van der Waals surface area contributed by atoms with Crippen molar-refractivity contribution in [1.82, 2.24) is 4.90 Å². The molecule has 6 nitrogen and oxygen atoms in total. The van der Waals surface area contributed by atoms with Gasteiger partial charge in [-0.2, -0.15) is 8.78 Å². The van der Waals surface area contributed by atoms with Crippen LogP contribution in [-0.2, 0) is 17.8 Å². The van der Waals surface area contributed by atoms with Gasteiger partial charge in [0.1, 0.15) is 11.5 Å². The molecule has 2 aromatic rings. The average molecular weight is 449 g/mol. The van der Waals surface area contributed by atoms with Gasteiger partial charge in [-0.1, -0.05) is 6.07 Å². The van der Waals surface area contributed by atoms with E-state index in [1.54, 1.807) is 39.3 Å². The number of alkyl halides is 2. The Morgan fingerprint density at radius 3 is 2.28 bits per heavy atom. The smallest absolute Gasteiger partial charge is 0.387 e. The van der Waals surface area contributed by atoms with Crippen LogP contribution >= 0.6 is 0 Å². The molecular weight excluding hydrogens is 420 g/mol. The molecule has 0 aromatic heterocycles. The van der Waals surface area contributed by atoms with Crippen molar-refractivity contribution < 1.29 is 32.5 Å². The summed E-state index contributed by atoms with van der Waals surface area (Å²) in [5, 5.41) is 0. The van der Waals surface area contributed by atoms with Gasteiger partial charge in [0.05, 0.1) is 20.8 Å². The van der Waals surface area contributed by atoms with Gasteiger partial charge in [0.2, 0.25) is 5.91 Å². The van der Waals surface area contributed by atoms with Gasteiger partial charge in [0, 0.05) is 25.1 Å². The maximum absolute atomic E-state index is 13.0. The fourth-order valence-electron chi connectivity index (χ4n) is 3.52. The number of carbonyl (C=O) groups excluding carboxylic acids is 1. The Bertz CT molecular complexity index is 895. The second-order valence-corrected chi connectivity index (χ2v) is 7.57. The van der Waals surface area contributed by atoms with Gasteiger partial charge in [0.15, 0.2) is 11.5 Å². The molecule has 0 aliphatic heterocycles. The van der Waals surface area contributed by atoms with Crippen LogP contribution in [0.25, 0.3) is 0 Å². The summed E-state index contributed by atoms with van der Waals surface area (Å²) >= 11 is 0. The molecule has 1 aliphatic carbocycles. The van der Waals surface area contributed by atoms with Crippen molar-refractivity contribution in [3.8, 4) is 23.0 Å². The van der Waals surface area contributed by atoms with E-state index in [1.807, 2.05) is 17.0 Å². The van der Waals surface area contributed by atoms with Crippen LogP contribution in [0.2, 0.25) is 0 Å². The molecule has 32 heavy (non-hydrogen) atoms. The third-order valence-corrected chi connectivity index (χ3v) is 5.22. The summed E-state index contributed by atoms with van der Waals surface area (Å²) in [7, 11) is 3.18. The molecule has 1 aliphatic rings. The lowest BCUT2D eigenvalue weighted by molar-refractivity contribution is -0.132. The van der Waals surface area contributed by atoms with Crippen LogP contribution in [0, 0.1) is 0 Å². The fraction of sp³-hybridized carbons (Fsp3) is 0.458. The molecule has 0 atom stereocenters. The highest BCUT2D eigenvalue weighted by atomic mass is 19.3. The number of rotatable bonds is 12. The number of hydrogen-bond acceptors (Lipinski definition) is 5. The number of methoxy groups -OCH3 is 2. The molecule has 2 aromatic carbocycles. The number of amides is 1. The van der Waals surface area contributed by atoms with Gasteiger partial charge in [-0.3, -0.25) is 4.79 Å². The predicted octanol–water partition coefficient (Wildman–Crippen LogP) is 4.83. The van der Waals surface area contributed by atoms with E-state index in [0.29, 0.717) is 37.5 Å². The summed E-state index contributed by atoms with van der Waals surface area (Å²) in [6, 6.07) is 10.6. The predicted molar refractivity (Wildman–Crippen MR) is 116 cm³/mol. The number of aryl methyl sites for hydroxylation is 1. The molecule has 0 unspecified atom stereocenters. The third-order valence-electron chi connectivity index (χ3n) is 5.22. The van der Waals surface area contributed by atoms with Crippen molar-refractivity contribution in [3.63, 3.8) is 0 Å². The molecule has 174 valence electrons. The van der Waals surface area contributed by atoms with Crippen molar-refractivity contribution in [2.24, 2.45) is 0 Å². The van der Waals surface area contributed by atoms with Crippen LogP contribution < -0.4 is 18.9 Å². The highest BCUT2D eigenvalue weighted by Gasteiger charge is 2.32. The van der Waals surface area contributed by atoms with E-state index in [4.69, 9.17) is 14.2 Å². The zero-order chi connectivity index (χ0) is 23.1. The van der Waals surface area contributed by atoms with Gasteiger partial charge in [0.25, 0.3) is 0 Å². The van der Waals surface area contributed by atoms with E-state index in [1.165, 1.54) is 6.07 Å². The average Bonchev–Trinajstić information content (AvgIpc) is 3.62. The van der Waals surface area contributed by atoms with E-state index >= 15 is 0 Å². The van der Waals surface area contributed by atoms with Crippen LogP contribution in [0.1, 0.15) is 37.3 Å². The van der Waals surface area contributed by atoms with E-state index in [-0.39, 0.29) is 23.4 Å². The summed E-state index contributed by atoms with van der Waals surface area (Å²) in [6.07, 6.45) is 2.83. The second-order valence-electron chi connectivity index (χ2n) is 7.57. The van der Waals surface area contributed by atoms with Crippen LogP contribution in [0.5, 0.6) is 23.0 Å². The molecule has 1 saturated carbocycles. The Balaban J connectivity index is 1.69. The number of hydrogen-bond donors (Lipinski definition) is 0. The second kappa shape index (κ2) is 11.0. The SMILES string of the molecule is CCOc1cc(CN(C(=O)CCc2cc(OC)cc(OC)c2)C2CC2)ccc1OC(F)F. The van der Waals surface area contributed by atoms with Crippen molar-refractivity contribution in [2.45, 2.75) is 51.8 Å². The Kier molecular flexibility index (Phi) is 8.14. The topological polar surface area (TPSA) is 57.2 Å². The highest BCUT2D eigenvalue weighted by molar-refractivity contribution is 5.77. The lowest BCUT2D eigenvalue weighted by Gasteiger charge is -2.23. The number of carbonyl (C=O) groups is 1. The van der Waals surface area contributed by atoms with E-state index in [2.05, 4.69) is 4.74 Å². The van der Waals surface area contributed by atoms with E-state index in [0.717, 1.165) is 24.0 Å². The summed E-state index contributed by atoms with van der Waals surface area (Å²) in [4.78, 5) is 14.9. The molecule has 1 amide bonds. The van der Waals surface area contributed by atoms with Gasteiger partial charge >= 0.3 is 6.61 Å². The molecule has 0 bridgehead atoms. The number of benzene rings is 2. The maximum Gasteiger partial charge on any atom is 0.387 e. The van der Waals surface area contributed by atoms with Gasteiger partial charge < -0.3 is 23.8 Å². The molecular formula is C24H29F2NO5. The van der Waals surface area contributed by atoms with Crippen molar-refractivity contribution in [3.05, 3.63) is 47.5 Å². The number of ether oxygens (including phenoxy) is 4. The van der Waals surface area contributed by atoms with Crippen molar-refractivity contribution >= 4 is 5.91 Å². The first-order valence-corrected chi connectivity index (χ1v) is 10.7. The lowest BCUT2D eigenvalue weighted by Crippen LogP contribution is -2.32. The Labute approximate surface area is 187 Å². The number of halogens is 2. The summed E-state index contributed by atoms with van der Waals surface area (Å²) < 4.78 is 45.9. The summed E-state index contributed by atoms with van der Waals surface area (Å²) in [5.41, 5.74) is 1.76. The Morgan fingerprint density at radius 1 is 1.03 bits per heavy atom. The lowest BCUT2D eigenvalue weighted by atomic mass is 10.1. The van der Waals surface area contributed by atoms with Crippen LogP contribution in [0.4, 0.5) is 8.78 Å². The standard InChI is InChI=1S/C24H29F2NO5/c1-4-31-22-13-17(5-9-21(22)32-24(25)26)15-27(18-7-8-18)23(28)10-6-16-11-19(29-2)14-20(12-16)30-3/h5,9,11-14,18,24H,4,6-8,10,15H2,1-3H3. The molecule has 0 heterocycles. The van der Waals surface area contributed by atoms with Crippen LogP contribution in [-0.4, -0.2) is 44.3 Å². The minimum atomic E-state index is -2.93. The number of nitrogens with zero attached hydrogens (tertiary/aromatic N) is 1. The maximum atomic E-state index is 13.0. The molecule has 0 N–H and O–H groups in total. The van der Waals surface area contributed by atoms with Crippen molar-refractivity contribution in [2.75, 3.05) is 20.8 Å². The summed E-state index contributed by atoms with van der Waals surface area (Å²) in [5.74, 6) is 1.64. The van der Waals surface area contributed by atoms with E-state index < -0.39 is 6.61 Å². The van der Waals surface area contributed by atoms with Crippen LogP contribution in [0.3, 0.4) is 0 Å². The minimum Gasteiger partial charge on any atom is -0.497 e. The monoisotopic (exact) mass is 449 g/mol. The first kappa shape index (κ1) is 23.6. The van der Waals surface area contributed by atoms with Crippen LogP contribution in [0.15, 0.2) is 36.4 Å². The largest absolute Gasteiger partial charge is 0.497 e. The molecule has 3 rings (SSSR count). The quantitative estimate of drug-likeness (QED) is 0.465. The zero-order valence-electron chi connectivity index (χ0n) is 18.6. The van der Waals surface area contributed by atoms with E-state index in [9.17, 15) is 13.6 Å². The Hall–Kier alpha value is -3.03. The zero-order valence-corrected chi connectivity index (χ0v) is 18.6. The minimum absolute atomic E-state index is 0.0122. The van der Waals surface area contributed by atoms with Crippen molar-refractivity contribution in [1.29, 1.82) is 0 Å². The first-order chi connectivity index (χ1) is 15.4. The van der Waals surface area contributed by atoms with Gasteiger partial charge in [-0.25, -0.2) is 0 Å². The summed E-state index contributed by atoms with van der Waals surface area (Å²) in [6.45, 7) is -0.454. The fourth-order valence-corrected chi connectivity index (χ4v) is 3.52. The molecule has 0 spiro atoms. The Morgan fingerprint density at radius 2 is 1.72 bits per heavy atom. The molecule has 8 heteroatoms. The first-order valence-electron chi connectivity index (χ1n) is 10.7. The third kappa shape index (κ3) is 6.48. The molecule has 0 radical (unpaired) electrons. The molecule has 1 fully saturated rings. The normalized spacial score (nSPS) is 13.1. The van der Waals surface area contributed by atoms with Gasteiger partial charge in [-0.15, -0.1) is 0 Å².